The minimum atomic E-state index is -0.751. The number of benzene rings is 4. The van der Waals surface area contributed by atoms with Crippen molar-refractivity contribution in [2.24, 2.45) is 0 Å². The van der Waals surface area contributed by atoms with E-state index < -0.39 is 46.8 Å². The van der Waals surface area contributed by atoms with Gasteiger partial charge in [-0.2, -0.15) is 0 Å². The number of Topliss-reactive ketones (excluding diaryl/α,β-unsaturated/α-hetero) is 1. The van der Waals surface area contributed by atoms with Gasteiger partial charge < -0.3 is 48.3 Å². The summed E-state index contributed by atoms with van der Waals surface area (Å²) in [5.74, 6) is -0.792. The number of ether oxygens (including phenoxy) is 4. The molecule has 0 radical (unpaired) electrons. The molecular weight excluding hydrogens is 1060 g/mol. The van der Waals surface area contributed by atoms with Crippen LogP contribution in [0.1, 0.15) is 157 Å². The van der Waals surface area contributed by atoms with E-state index in [1.807, 2.05) is 163 Å². The Morgan fingerprint density at radius 2 is 0.524 bits per heavy atom. The van der Waals surface area contributed by atoms with Gasteiger partial charge in [0.05, 0.1) is 13.1 Å². The van der Waals surface area contributed by atoms with Crippen molar-refractivity contribution in [1.82, 2.24) is 29.4 Å². The minimum Gasteiger partial charge on any atom is -0.444 e. The van der Waals surface area contributed by atoms with Crippen LogP contribution in [0.15, 0.2) is 121 Å². The Morgan fingerprint density at radius 3 is 0.786 bits per heavy atom. The van der Waals surface area contributed by atoms with E-state index in [4.69, 9.17) is 18.9 Å². The van der Waals surface area contributed by atoms with Crippen molar-refractivity contribution in [2.45, 2.75) is 183 Å². The second-order valence-electron chi connectivity index (χ2n) is 25.3. The van der Waals surface area contributed by atoms with Gasteiger partial charge >= 0.3 is 24.4 Å². The molecule has 0 aliphatic heterocycles. The fourth-order valence-corrected chi connectivity index (χ4v) is 8.90. The van der Waals surface area contributed by atoms with E-state index >= 15 is 0 Å². The molecule has 0 heterocycles. The lowest BCUT2D eigenvalue weighted by Gasteiger charge is -2.30. The molecule has 4 rings (SSSR count). The zero-order valence-corrected chi connectivity index (χ0v) is 52.4. The van der Waals surface area contributed by atoms with Crippen molar-refractivity contribution >= 4 is 42.0 Å². The normalized spacial score (nSPS) is 11.7. The molecule has 0 aromatic heterocycles. The number of ketones is 1. The Morgan fingerprint density at radius 1 is 0.298 bits per heavy atom. The van der Waals surface area contributed by atoms with Gasteiger partial charge in [-0.15, -0.1) is 0 Å². The molecule has 17 heteroatoms. The number of hydrogen-bond donors (Lipinski definition) is 0. The summed E-state index contributed by atoms with van der Waals surface area (Å²) in [6, 6.07) is 38.1. The number of hydrogen-bond acceptors (Lipinski definition) is 11. The van der Waals surface area contributed by atoms with Crippen LogP contribution in [0.25, 0.3) is 0 Å². The van der Waals surface area contributed by atoms with Crippen molar-refractivity contribution < 1.29 is 52.5 Å². The van der Waals surface area contributed by atoms with Crippen LogP contribution in [0.3, 0.4) is 0 Å². The van der Waals surface area contributed by atoms with Crippen LogP contribution >= 0.6 is 0 Å². The maximum Gasteiger partial charge on any atom is 0.410 e. The molecule has 0 N–H and O–H groups in total. The van der Waals surface area contributed by atoms with Gasteiger partial charge in [0, 0.05) is 78.3 Å². The molecule has 0 spiro atoms. The molecule has 0 unspecified atom stereocenters. The van der Waals surface area contributed by atoms with Crippen LogP contribution in [-0.2, 0) is 59.5 Å². The quantitative estimate of drug-likeness (QED) is 0.0359. The number of unbranched alkanes of at least 4 members (excludes halogenated alkanes) is 2. The molecule has 4 aromatic carbocycles. The van der Waals surface area contributed by atoms with Gasteiger partial charge in [-0.05, 0) is 144 Å². The van der Waals surface area contributed by atoms with Gasteiger partial charge in [-0.3, -0.25) is 14.4 Å². The van der Waals surface area contributed by atoms with E-state index in [1.54, 1.807) is 61.1 Å². The van der Waals surface area contributed by atoms with Crippen molar-refractivity contribution in [3.63, 3.8) is 0 Å². The van der Waals surface area contributed by atoms with Gasteiger partial charge in [-0.25, -0.2) is 19.2 Å². The van der Waals surface area contributed by atoms with Crippen LogP contribution in [0.5, 0.6) is 0 Å². The second kappa shape index (κ2) is 33.8. The van der Waals surface area contributed by atoms with E-state index in [2.05, 4.69) is 0 Å². The lowest BCUT2D eigenvalue weighted by atomic mass is 10.1. The maximum absolute atomic E-state index is 14.2. The monoisotopic (exact) mass is 1160 g/mol. The van der Waals surface area contributed by atoms with Crippen LogP contribution in [-0.4, -0.2) is 146 Å². The highest BCUT2D eigenvalue weighted by Crippen LogP contribution is 2.20. The highest BCUT2D eigenvalue weighted by molar-refractivity contribution is 5.90. The van der Waals surface area contributed by atoms with Crippen molar-refractivity contribution in [2.75, 3.05) is 52.4 Å². The van der Waals surface area contributed by atoms with Gasteiger partial charge in [-0.1, -0.05) is 121 Å². The zero-order chi connectivity index (χ0) is 61.9. The molecule has 6 amide bonds. The molecule has 0 aliphatic carbocycles. The Hall–Kier alpha value is -7.43. The molecular formula is C67H96N6O11. The summed E-state index contributed by atoms with van der Waals surface area (Å²) in [6.45, 7) is 24.2. The van der Waals surface area contributed by atoms with Gasteiger partial charge in [0.1, 0.15) is 22.4 Å². The van der Waals surface area contributed by atoms with Crippen LogP contribution in [0, 0.1) is 0 Å². The number of rotatable bonds is 30. The standard InChI is InChI=1S/C67H96N6O11/c1-64(2,3)81-60(77)68(43-29-45-70(62(79)83-66(7,8)9)47-53-31-17-13-18-32-53)41-27-25-39-58(75)72(49-55-35-21-15-22-36-55)51-57(74)52-73(50-56-37-23-16-24-38-56)59(76)40-26-28-42-69(61(78)82-65(4,5)6)44-30-46-71(63(80)84-67(10,11)12)48-54-33-19-14-20-34-54/h13-24,31-38H,25-30,39-52H2,1-12H3. The van der Waals surface area contributed by atoms with E-state index in [1.165, 1.54) is 9.80 Å². The van der Waals surface area contributed by atoms with Crippen LogP contribution in [0.4, 0.5) is 19.2 Å². The molecule has 84 heavy (non-hydrogen) atoms. The van der Waals surface area contributed by atoms with E-state index in [0.29, 0.717) is 90.9 Å². The molecule has 4 aromatic rings. The third kappa shape index (κ3) is 28.7. The summed E-state index contributed by atoms with van der Waals surface area (Å²) in [5.41, 5.74) is 0.680. The number of nitrogens with zero attached hydrogens (tertiary/aromatic N) is 6. The molecule has 460 valence electrons. The molecule has 17 nitrogen and oxygen atoms in total. The summed E-state index contributed by atoms with van der Waals surface area (Å²) in [7, 11) is 0. The summed E-state index contributed by atoms with van der Waals surface area (Å²) in [5, 5.41) is 0. The molecule has 0 saturated carbocycles. The Labute approximate surface area is 500 Å². The molecule has 0 saturated heterocycles. The average Bonchev–Trinajstić information content (AvgIpc) is 3.63. The first kappa shape index (κ1) is 69.1. The van der Waals surface area contributed by atoms with Crippen molar-refractivity contribution in [3.05, 3.63) is 144 Å². The Bertz CT molecular complexity index is 2470. The Kier molecular flexibility index (Phi) is 27.8. The second-order valence-corrected chi connectivity index (χ2v) is 25.3. The zero-order valence-electron chi connectivity index (χ0n) is 52.4. The topological polar surface area (TPSA) is 176 Å². The third-order valence-corrected chi connectivity index (χ3v) is 12.8. The van der Waals surface area contributed by atoms with E-state index in [-0.39, 0.29) is 56.6 Å². The Balaban J connectivity index is 1.42. The smallest absolute Gasteiger partial charge is 0.410 e. The lowest BCUT2D eigenvalue weighted by Crippen LogP contribution is -2.42. The SMILES string of the molecule is CC(C)(C)OC(=O)N(CCCCC(=O)N(CC(=O)CN(Cc1ccccc1)C(=O)CCCCN(CCCN(Cc1ccccc1)C(=O)OC(C)(C)C)C(=O)OC(C)(C)C)Cc1ccccc1)CCCN(Cc1ccccc1)C(=O)OC(C)(C)C. The van der Waals surface area contributed by atoms with Gasteiger partial charge in [0.2, 0.25) is 11.8 Å². The molecule has 0 atom stereocenters. The van der Waals surface area contributed by atoms with Crippen molar-refractivity contribution in [1.29, 1.82) is 0 Å². The van der Waals surface area contributed by atoms with Crippen LogP contribution in [0.2, 0.25) is 0 Å². The van der Waals surface area contributed by atoms with E-state index in [0.717, 1.165) is 22.3 Å². The number of amides is 6. The van der Waals surface area contributed by atoms with Crippen LogP contribution < -0.4 is 0 Å². The van der Waals surface area contributed by atoms with Crippen molar-refractivity contribution in [3.8, 4) is 0 Å². The summed E-state index contributed by atoms with van der Waals surface area (Å²) in [4.78, 5) is 106. The minimum absolute atomic E-state index is 0.106. The maximum atomic E-state index is 14.2. The molecule has 0 fully saturated rings. The first-order valence-corrected chi connectivity index (χ1v) is 29.7. The number of carbonyl (C=O) groups excluding carboxylic acids is 7. The summed E-state index contributed by atoms with van der Waals surface area (Å²) < 4.78 is 23.1. The predicted octanol–water partition coefficient (Wildman–Crippen LogP) is 13.1. The molecule has 0 bridgehead atoms. The summed E-state index contributed by atoms with van der Waals surface area (Å²) in [6.07, 6.45) is 0.977. The first-order valence-electron chi connectivity index (χ1n) is 29.7. The van der Waals surface area contributed by atoms with Gasteiger partial charge in [0.15, 0.2) is 5.78 Å². The predicted molar refractivity (Wildman–Crippen MR) is 327 cm³/mol. The fourth-order valence-electron chi connectivity index (χ4n) is 8.90. The highest BCUT2D eigenvalue weighted by Gasteiger charge is 2.29. The number of carbonyl (C=O) groups is 7. The summed E-state index contributed by atoms with van der Waals surface area (Å²) >= 11 is 0. The van der Waals surface area contributed by atoms with E-state index in [9.17, 15) is 33.6 Å². The third-order valence-electron chi connectivity index (χ3n) is 12.8. The largest absolute Gasteiger partial charge is 0.444 e. The first-order chi connectivity index (χ1) is 39.5. The van der Waals surface area contributed by atoms with Gasteiger partial charge in [0.25, 0.3) is 0 Å². The highest BCUT2D eigenvalue weighted by atomic mass is 16.6. The average molecular weight is 1160 g/mol. The lowest BCUT2D eigenvalue weighted by molar-refractivity contribution is -0.139. The fraction of sp³-hybridized carbons (Fsp3) is 0.537. The molecule has 0 aliphatic rings.